The van der Waals surface area contributed by atoms with E-state index < -0.39 is 0 Å². The van der Waals surface area contributed by atoms with Crippen molar-refractivity contribution in [2.24, 2.45) is 0 Å². The van der Waals surface area contributed by atoms with Crippen molar-refractivity contribution < 1.29 is 4.39 Å². The molecular formula is C11H12FN3S. The number of rotatable bonds is 3. The molecule has 5 heteroatoms. The van der Waals surface area contributed by atoms with Crippen molar-refractivity contribution in [3.8, 4) is 11.3 Å². The van der Waals surface area contributed by atoms with Gasteiger partial charge in [0.2, 0.25) is 0 Å². The number of benzene rings is 1. The minimum absolute atomic E-state index is 0.207. The van der Waals surface area contributed by atoms with Gasteiger partial charge in [0.15, 0.2) is 0 Å². The van der Waals surface area contributed by atoms with Crippen molar-refractivity contribution in [1.82, 2.24) is 14.9 Å². The predicted octanol–water partition coefficient (Wildman–Crippen LogP) is 2.37. The molecule has 0 bridgehead atoms. The van der Waals surface area contributed by atoms with Crippen LogP contribution in [0.15, 0.2) is 18.2 Å². The van der Waals surface area contributed by atoms with E-state index in [-0.39, 0.29) is 5.82 Å². The molecule has 2 aromatic rings. The molecule has 1 aromatic heterocycles. The lowest BCUT2D eigenvalue weighted by atomic mass is 10.1. The second kappa shape index (κ2) is 4.67. The Hall–Kier alpha value is -1.33. The molecule has 0 atom stereocenters. The van der Waals surface area contributed by atoms with Gasteiger partial charge < -0.3 is 5.32 Å². The van der Waals surface area contributed by atoms with Crippen LogP contribution in [-0.4, -0.2) is 16.6 Å². The SMILES string of the molecule is CNCc1snnc1-c1ccc(C)c(F)c1. The average Bonchev–Trinajstić information content (AvgIpc) is 2.71. The molecule has 0 saturated carbocycles. The van der Waals surface area contributed by atoms with Crippen LogP contribution in [0.4, 0.5) is 4.39 Å². The number of hydrogen-bond acceptors (Lipinski definition) is 4. The highest BCUT2D eigenvalue weighted by molar-refractivity contribution is 7.05. The van der Waals surface area contributed by atoms with Crippen LogP contribution in [0.5, 0.6) is 0 Å². The Labute approximate surface area is 97.5 Å². The Bertz CT molecular complexity index is 496. The van der Waals surface area contributed by atoms with Crippen molar-refractivity contribution in [3.05, 3.63) is 34.5 Å². The molecule has 0 fully saturated rings. The first-order valence-corrected chi connectivity index (χ1v) is 5.72. The maximum absolute atomic E-state index is 13.4. The number of hydrogen-bond donors (Lipinski definition) is 1. The molecule has 0 amide bonds. The monoisotopic (exact) mass is 237 g/mol. The van der Waals surface area contributed by atoms with Gasteiger partial charge in [0, 0.05) is 12.1 Å². The number of aromatic nitrogens is 2. The molecule has 1 heterocycles. The largest absolute Gasteiger partial charge is 0.315 e. The lowest BCUT2D eigenvalue weighted by Gasteiger charge is -2.02. The van der Waals surface area contributed by atoms with Crippen LogP contribution in [-0.2, 0) is 6.54 Å². The summed E-state index contributed by atoms with van der Waals surface area (Å²) >= 11 is 1.33. The number of nitrogens with one attached hydrogen (secondary N) is 1. The Balaban J connectivity index is 2.42. The molecule has 0 radical (unpaired) electrons. The maximum atomic E-state index is 13.4. The van der Waals surface area contributed by atoms with Crippen molar-refractivity contribution in [2.75, 3.05) is 7.05 Å². The highest BCUT2D eigenvalue weighted by atomic mass is 32.1. The number of halogens is 1. The summed E-state index contributed by atoms with van der Waals surface area (Å²) in [5.74, 6) is -0.207. The third-order valence-corrected chi connectivity index (χ3v) is 3.06. The Morgan fingerprint density at radius 1 is 1.44 bits per heavy atom. The van der Waals surface area contributed by atoms with Gasteiger partial charge in [-0.25, -0.2) is 4.39 Å². The second-order valence-corrected chi connectivity index (χ2v) is 4.38. The van der Waals surface area contributed by atoms with Crippen molar-refractivity contribution in [3.63, 3.8) is 0 Å². The molecule has 16 heavy (non-hydrogen) atoms. The molecule has 0 aliphatic carbocycles. The third-order valence-electron chi connectivity index (χ3n) is 2.34. The van der Waals surface area contributed by atoms with Crippen LogP contribution < -0.4 is 5.32 Å². The quantitative estimate of drug-likeness (QED) is 0.890. The zero-order valence-electron chi connectivity index (χ0n) is 9.12. The van der Waals surface area contributed by atoms with Gasteiger partial charge in [-0.3, -0.25) is 0 Å². The molecule has 0 spiro atoms. The fourth-order valence-electron chi connectivity index (χ4n) is 1.44. The summed E-state index contributed by atoms with van der Waals surface area (Å²) < 4.78 is 17.3. The van der Waals surface area contributed by atoms with Crippen LogP contribution >= 0.6 is 11.5 Å². The summed E-state index contributed by atoms with van der Waals surface area (Å²) in [5.41, 5.74) is 2.18. The molecule has 84 valence electrons. The summed E-state index contributed by atoms with van der Waals surface area (Å²) in [6.07, 6.45) is 0. The average molecular weight is 237 g/mol. The van der Waals surface area contributed by atoms with Crippen LogP contribution in [0.3, 0.4) is 0 Å². The summed E-state index contributed by atoms with van der Waals surface area (Å²) in [4.78, 5) is 1.02. The Morgan fingerprint density at radius 3 is 2.94 bits per heavy atom. The zero-order chi connectivity index (χ0) is 11.5. The highest BCUT2D eigenvalue weighted by Gasteiger charge is 2.10. The second-order valence-electron chi connectivity index (χ2n) is 3.54. The van der Waals surface area contributed by atoms with Crippen molar-refractivity contribution >= 4 is 11.5 Å². The van der Waals surface area contributed by atoms with E-state index in [1.54, 1.807) is 13.0 Å². The van der Waals surface area contributed by atoms with Crippen molar-refractivity contribution in [1.29, 1.82) is 0 Å². The van der Waals surface area contributed by atoms with Gasteiger partial charge >= 0.3 is 0 Å². The molecule has 3 nitrogen and oxygen atoms in total. The smallest absolute Gasteiger partial charge is 0.126 e. The fourth-order valence-corrected chi connectivity index (χ4v) is 2.12. The predicted molar refractivity (Wildman–Crippen MR) is 62.8 cm³/mol. The van der Waals surface area contributed by atoms with E-state index in [1.165, 1.54) is 17.6 Å². The Kier molecular flexibility index (Phi) is 3.26. The maximum Gasteiger partial charge on any atom is 0.126 e. The summed E-state index contributed by atoms with van der Waals surface area (Å²) in [5, 5.41) is 7.08. The number of aryl methyl sites for hydroxylation is 1. The molecule has 0 saturated heterocycles. The van der Waals surface area contributed by atoms with E-state index in [1.807, 2.05) is 13.1 Å². The third kappa shape index (κ3) is 2.10. The number of nitrogens with zero attached hydrogens (tertiary/aromatic N) is 2. The first kappa shape index (κ1) is 11.2. The normalized spacial score (nSPS) is 10.7. The molecule has 0 unspecified atom stereocenters. The van der Waals surface area contributed by atoms with E-state index in [4.69, 9.17) is 0 Å². The van der Waals surface area contributed by atoms with E-state index in [9.17, 15) is 4.39 Å². The highest BCUT2D eigenvalue weighted by Crippen LogP contribution is 2.25. The zero-order valence-corrected chi connectivity index (χ0v) is 9.94. The summed E-state index contributed by atoms with van der Waals surface area (Å²) in [6, 6.07) is 5.13. The van der Waals surface area contributed by atoms with Crippen LogP contribution in [0, 0.1) is 12.7 Å². The van der Waals surface area contributed by atoms with Gasteiger partial charge in [0.25, 0.3) is 0 Å². The molecule has 1 N–H and O–H groups in total. The van der Waals surface area contributed by atoms with Gasteiger partial charge in [-0.1, -0.05) is 16.6 Å². The van der Waals surface area contributed by atoms with Crippen molar-refractivity contribution in [2.45, 2.75) is 13.5 Å². The Morgan fingerprint density at radius 2 is 2.25 bits per heavy atom. The van der Waals surface area contributed by atoms with Gasteiger partial charge in [-0.2, -0.15) is 0 Å². The first-order valence-electron chi connectivity index (χ1n) is 4.94. The van der Waals surface area contributed by atoms with E-state index in [0.29, 0.717) is 12.1 Å². The van der Waals surface area contributed by atoms with E-state index >= 15 is 0 Å². The van der Waals surface area contributed by atoms with E-state index in [0.717, 1.165) is 16.1 Å². The topological polar surface area (TPSA) is 37.8 Å². The summed E-state index contributed by atoms with van der Waals surface area (Å²) in [6.45, 7) is 2.44. The first-order chi connectivity index (χ1) is 7.72. The molecule has 0 aliphatic rings. The van der Waals surface area contributed by atoms with Crippen LogP contribution in [0.1, 0.15) is 10.4 Å². The van der Waals surface area contributed by atoms with Crippen LogP contribution in [0.2, 0.25) is 0 Å². The lowest BCUT2D eigenvalue weighted by Crippen LogP contribution is -2.04. The molecule has 1 aromatic carbocycles. The van der Waals surface area contributed by atoms with Gasteiger partial charge in [0.05, 0.1) is 4.88 Å². The van der Waals surface area contributed by atoms with Gasteiger partial charge in [-0.05, 0) is 37.1 Å². The lowest BCUT2D eigenvalue weighted by molar-refractivity contribution is 0.619. The fraction of sp³-hybridized carbons (Fsp3) is 0.273. The minimum atomic E-state index is -0.207. The molecule has 0 aliphatic heterocycles. The van der Waals surface area contributed by atoms with E-state index in [2.05, 4.69) is 14.9 Å². The standard InChI is InChI=1S/C11H12FN3S/c1-7-3-4-8(5-9(7)12)11-10(6-13-2)16-15-14-11/h3-5,13H,6H2,1-2H3. The minimum Gasteiger partial charge on any atom is -0.315 e. The van der Waals surface area contributed by atoms with Gasteiger partial charge in [-0.15, -0.1) is 5.10 Å². The molecular weight excluding hydrogens is 225 g/mol. The van der Waals surface area contributed by atoms with Crippen LogP contribution in [0.25, 0.3) is 11.3 Å². The van der Waals surface area contributed by atoms with Gasteiger partial charge in [0.1, 0.15) is 11.5 Å². The summed E-state index contributed by atoms with van der Waals surface area (Å²) in [7, 11) is 1.86. The molecule has 2 rings (SSSR count).